The van der Waals surface area contributed by atoms with E-state index in [1.165, 1.54) is 6.07 Å². The molecule has 22 heavy (non-hydrogen) atoms. The van der Waals surface area contributed by atoms with Crippen molar-refractivity contribution in [2.75, 3.05) is 13.6 Å². The van der Waals surface area contributed by atoms with Crippen LogP contribution in [-0.2, 0) is 9.63 Å². The van der Waals surface area contributed by atoms with E-state index >= 15 is 0 Å². The second-order valence-corrected chi connectivity index (χ2v) is 6.33. The highest BCUT2D eigenvalue weighted by Crippen LogP contribution is 2.22. The molecule has 1 atom stereocenters. The standard InChI is InChI=1S/C17H23FN2O2/c1-11(2)10-20(4)17(21)9-13-8-16(19-22-13)14-6-5-12(3)7-15(14)18/h5-7,11,13H,8-10H2,1-4H3. The summed E-state index contributed by atoms with van der Waals surface area (Å²) in [5, 5.41) is 3.96. The van der Waals surface area contributed by atoms with Gasteiger partial charge >= 0.3 is 0 Å². The topological polar surface area (TPSA) is 41.9 Å². The van der Waals surface area contributed by atoms with Crippen LogP contribution >= 0.6 is 0 Å². The molecule has 120 valence electrons. The summed E-state index contributed by atoms with van der Waals surface area (Å²) in [4.78, 5) is 19.1. The molecular weight excluding hydrogens is 283 g/mol. The third-order valence-corrected chi connectivity index (χ3v) is 3.64. The summed E-state index contributed by atoms with van der Waals surface area (Å²) < 4.78 is 14.0. The molecule has 1 aromatic carbocycles. The lowest BCUT2D eigenvalue weighted by Gasteiger charge is -2.20. The van der Waals surface area contributed by atoms with E-state index < -0.39 is 0 Å². The van der Waals surface area contributed by atoms with Gasteiger partial charge in [0.05, 0.1) is 12.1 Å². The van der Waals surface area contributed by atoms with Gasteiger partial charge in [-0.1, -0.05) is 25.1 Å². The molecule has 0 aliphatic carbocycles. The van der Waals surface area contributed by atoms with Crippen LogP contribution in [0.15, 0.2) is 23.4 Å². The van der Waals surface area contributed by atoms with Gasteiger partial charge in [0.2, 0.25) is 5.91 Å². The van der Waals surface area contributed by atoms with Crippen molar-refractivity contribution in [1.29, 1.82) is 0 Å². The average molecular weight is 306 g/mol. The van der Waals surface area contributed by atoms with Crippen LogP contribution < -0.4 is 0 Å². The lowest BCUT2D eigenvalue weighted by atomic mass is 10.0. The monoisotopic (exact) mass is 306 g/mol. The average Bonchev–Trinajstić information content (AvgIpc) is 2.86. The van der Waals surface area contributed by atoms with Gasteiger partial charge in [-0.15, -0.1) is 0 Å². The third-order valence-electron chi connectivity index (χ3n) is 3.64. The first-order valence-corrected chi connectivity index (χ1v) is 7.60. The number of halogens is 1. The van der Waals surface area contributed by atoms with Crippen molar-refractivity contribution in [3.05, 3.63) is 35.1 Å². The fraction of sp³-hybridized carbons (Fsp3) is 0.529. The molecule has 4 nitrogen and oxygen atoms in total. The maximum absolute atomic E-state index is 14.0. The molecule has 1 amide bonds. The maximum Gasteiger partial charge on any atom is 0.226 e. The molecule has 1 aliphatic heterocycles. The minimum absolute atomic E-state index is 0.0273. The zero-order chi connectivity index (χ0) is 16.3. The second-order valence-electron chi connectivity index (χ2n) is 6.33. The normalized spacial score (nSPS) is 17.4. The first kappa shape index (κ1) is 16.5. The van der Waals surface area contributed by atoms with Crippen molar-refractivity contribution < 1.29 is 14.0 Å². The molecule has 1 aromatic rings. The van der Waals surface area contributed by atoms with Crippen LogP contribution in [0.2, 0.25) is 0 Å². The second kappa shape index (κ2) is 6.90. The Balaban J connectivity index is 1.93. The molecule has 0 saturated carbocycles. The Kier molecular flexibility index (Phi) is 5.16. The van der Waals surface area contributed by atoms with E-state index in [2.05, 4.69) is 19.0 Å². The number of carbonyl (C=O) groups excluding carboxylic acids is 1. The lowest BCUT2D eigenvalue weighted by molar-refractivity contribution is -0.132. The Morgan fingerprint density at radius 1 is 1.50 bits per heavy atom. The molecule has 1 aliphatic rings. The van der Waals surface area contributed by atoms with Crippen molar-refractivity contribution in [3.8, 4) is 0 Å². The van der Waals surface area contributed by atoms with Gasteiger partial charge in [0.1, 0.15) is 11.9 Å². The van der Waals surface area contributed by atoms with Crippen LogP contribution in [0.4, 0.5) is 4.39 Å². The molecule has 0 N–H and O–H groups in total. The Bertz CT molecular complexity index is 584. The van der Waals surface area contributed by atoms with Crippen LogP contribution in [-0.4, -0.2) is 36.2 Å². The van der Waals surface area contributed by atoms with Gasteiger partial charge in [-0.2, -0.15) is 0 Å². The zero-order valence-electron chi connectivity index (χ0n) is 13.6. The van der Waals surface area contributed by atoms with Gasteiger partial charge < -0.3 is 9.74 Å². The van der Waals surface area contributed by atoms with Crippen molar-refractivity contribution >= 4 is 11.6 Å². The summed E-state index contributed by atoms with van der Waals surface area (Å²) in [6.45, 7) is 6.69. The summed E-state index contributed by atoms with van der Waals surface area (Å²) in [6.07, 6.45) is 0.420. The lowest BCUT2D eigenvalue weighted by Crippen LogP contribution is -2.32. The largest absolute Gasteiger partial charge is 0.391 e. The van der Waals surface area contributed by atoms with Crippen molar-refractivity contribution in [3.63, 3.8) is 0 Å². The number of nitrogens with zero attached hydrogens (tertiary/aromatic N) is 2. The number of carbonyl (C=O) groups is 1. The third kappa shape index (κ3) is 4.06. The highest BCUT2D eigenvalue weighted by Gasteiger charge is 2.27. The van der Waals surface area contributed by atoms with Gasteiger partial charge in [-0.3, -0.25) is 4.79 Å². The smallest absolute Gasteiger partial charge is 0.226 e. The Morgan fingerprint density at radius 2 is 2.23 bits per heavy atom. The fourth-order valence-corrected chi connectivity index (χ4v) is 2.55. The first-order valence-electron chi connectivity index (χ1n) is 7.60. The van der Waals surface area contributed by atoms with Crippen LogP contribution in [0.25, 0.3) is 0 Å². The van der Waals surface area contributed by atoms with Crippen molar-refractivity contribution in [2.24, 2.45) is 11.1 Å². The highest BCUT2D eigenvalue weighted by molar-refractivity contribution is 6.01. The summed E-state index contributed by atoms with van der Waals surface area (Å²) in [6, 6.07) is 5.03. The summed E-state index contributed by atoms with van der Waals surface area (Å²) >= 11 is 0. The van der Waals surface area contributed by atoms with Gasteiger partial charge in [0.25, 0.3) is 0 Å². The number of aryl methyl sites for hydroxylation is 1. The molecule has 1 unspecified atom stereocenters. The van der Waals surface area contributed by atoms with Crippen LogP contribution in [0.5, 0.6) is 0 Å². The van der Waals surface area contributed by atoms with E-state index in [1.54, 1.807) is 18.0 Å². The molecular formula is C17H23FN2O2. The molecule has 0 fully saturated rings. The molecule has 0 bridgehead atoms. The zero-order valence-corrected chi connectivity index (χ0v) is 13.6. The van der Waals surface area contributed by atoms with Gasteiger partial charge in [0.15, 0.2) is 0 Å². The fourth-order valence-electron chi connectivity index (χ4n) is 2.55. The van der Waals surface area contributed by atoms with Gasteiger partial charge in [-0.25, -0.2) is 4.39 Å². The number of oxime groups is 1. The predicted molar refractivity (Wildman–Crippen MR) is 84.3 cm³/mol. The summed E-state index contributed by atoms with van der Waals surface area (Å²) in [5.74, 6) is 0.151. The van der Waals surface area contributed by atoms with Crippen LogP contribution in [0, 0.1) is 18.7 Å². The van der Waals surface area contributed by atoms with Gasteiger partial charge in [-0.05, 0) is 30.5 Å². The SMILES string of the molecule is Cc1ccc(C2=NOC(CC(=O)N(C)CC(C)C)C2)c(F)c1. The molecule has 2 rings (SSSR count). The van der Waals surface area contributed by atoms with E-state index in [9.17, 15) is 9.18 Å². The number of hydrogen-bond acceptors (Lipinski definition) is 3. The van der Waals surface area contributed by atoms with E-state index in [0.29, 0.717) is 30.2 Å². The van der Waals surface area contributed by atoms with E-state index in [4.69, 9.17) is 4.84 Å². The van der Waals surface area contributed by atoms with E-state index in [0.717, 1.165) is 5.56 Å². The summed E-state index contributed by atoms with van der Waals surface area (Å²) in [7, 11) is 1.79. The number of hydrogen-bond donors (Lipinski definition) is 0. The Morgan fingerprint density at radius 3 is 2.86 bits per heavy atom. The maximum atomic E-state index is 14.0. The molecule has 0 aromatic heterocycles. The van der Waals surface area contributed by atoms with E-state index in [1.807, 2.05) is 13.0 Å². The van der Waals surface area contributed by atoms with Crippen molar-refractivity contribution in [1.82, 2.24) is 4.90 Å². The highest BCUT2D eigenvalue weighted by atomic mass is 19.1. The van der Waals surface area contributed by atoms with Gasteiger partial charge in [0, 0.05) is 25.6 Å². The Hall–Kier alpha value is -1.91. The van der Waals surface area contributed by atoms with Crippen molar-refractivity contribution in [2.45, 2.75) is 39.7 Å². The molecule has 0 saturated heterocycles. The molecule has 0 spiro atoms. The first-order chi connectivity index (χ1) is 10.4. The molecule has 5 heteroatoms. The number of rotatable bonds is 5. The minimum atomic E-state index is -0.308. The van der Waals surface area contributed by atoms with Crippen LogP contribution in [0.3, 0.4) is 0 Å². The molecule has 1 heterocycles. The number of amides is 1. The van der Waals surface area contributed by atoms with E-state index in [-0.39, 0.29) is 24.2 Å². The summed E-state index contributed by atoms with van der Waals surface area (Å²) in [5.41, 5.74) is 1.89. The molecule has 0 radical (unpaired) electrons. The predicted octanol–water partition coefficient (Wildman–Crippen LogP) is 3.13. The number of benzene rings is 1. The quantitative estimate of drug-likeness (QED) is 0.838. The van der Waals surface area contributed by atoms with Crippen LogP contribution in [0.1, 0.15) is 37.8 Å². The Labute approximate surface area is 130 Å². The minimum Gasteiger partial charge on any atom is -0.391 e.